The molecular weight excluding hydrogens is 222 g/mol. The molecule has 2 heteroatoms. The van der Waals surface area contributed by atoms with Crippen molar-refractivity contribution in [1.29, 1.82) is 0 Å². The average Bonchev–Trinajstić information content (AvgIpc) is 2.35. The Morgan fingerprint density at radius 1 is 1.11 bits per heavy atom. The molecule has 0 spiro atoms. The Labute approximate surface area is 112 Å². The minimum Gasteiger partial charge on any atom is -0.395 e. The summed E-state index contributed by atoms with van der Waals surface area (Å²) < 4.78 is 0. The van der Waals surface area contributed by atoms with E-state index >= 15 is 0 Å². The number of aliphatic hydroxyl groups excluding tert-OH is 1. The molecule has 0 aliphatic rings. The molecular formula is C16H27NO. The van der Waals surface area contributed by atoms with E-state index in [1.807, 2.05) is 0 Å². The summed E-state index contributed by atoms with van der Waals surface area (Å²) >= 11 is 0. The van der Waals surface area contributed by atoms with E-state index in [-0.39, 0.29) is 6.61 Å². The largest absolute Gasteiger partial charge is 0.395 e. The van der Waals surface area contributed by atoms with Gasteiger partial charge in [0.1, 0.15) is 0 Å². The monoisotopic (exact) mass is 249 g/mol. The van der Waals surface area contributed by atoms with Crippen LogP contribution in [0.3, 0.4) is 0 Å². The molecule has 0 aromatic heterocycles. The van der Waals surface area contributed by atoms with Crippen LogP contribution in [0.5, 0.6) is 0 Å². The Morgan fingerprint density at radius 3 is 2.28 bits per heavy atom. The lowest BCUT2D eigenvalue weighted by molar-refractivity contribution is 0.136. The first kappa shape index (κ1) is 15.2. The van der Waals surface area contributed by atoms with Crippen molar-refractivity contribution in [3.05, 3.63) is 34.9 Å². The third-order valence-corrected chi connectivity index (χ3v) is 3.80. The number of hydrogen-bond donors (Lipinski definition) is 1. The summed E-state index contributed by atoms with van der Waals surface area (Å²) in [6.07, 6.45) is 2.28. The van der Waals surface area contributed by atoms with Gasteiger partial charge in [-0.15, -0.1) is 0 Å². The van der Waals surface area contributed by atoms with Crippen LogP contribution < -0.4 is 0 Å². The smallest absolute Gasteiger partial charge is 0.0558 e. The molecule has 0 aliphatic heterocycles. The molecule has 0 atom stereocenters. The van der Waals surface area contributed by atoms with Crippen molar-refractivity contribution in [2.24, 2.45) is 0 Å². The Morgan fingerprint density at radius 2 is 1.78 bits per heavy atom. The van der Waals surface area contributed by atoms with E-state index in [0.717, 1.165) is 25.9 Å². The second-order valence-corrected chi connectivity index (χ2v) is 5.08. The van der Waals surface area contributed by atoms with E-state index in [1.165, 1.54) is 16.7 Å². The van der Waals surface area contributed by atoms with E-state index in [0.29, 0.717) is 6.04 Å². The standard InChI is InChI=1S/C16H27NO/c1-5-16(6-2)17(9-10-18)12-15-8-7-13(3)14(4)11-15/h7-8,11,16,18H,5-6,9-10,12H2,1-4H3. The SMILES string of the molecule is CCC(CC)N(CCO)Cc1ccc(C)c(C)c1. The first-order valence-corrected chi connectivity index (χ1v) is 7.03. The van der Waals surface area contributed by atoms with E-state index in [9.17, 15) is 5.11 Å². The fraction of sp³-hybridized carbons (Fsp3) is 0.625. The Bertz CT molecular complexity index is 358. The molecule has 0 unspecified atom stereocenters. The summed E-state index contributed by atoms with van der Waals surface area (Å²) in [4.78, 5) is 2.39. The van der Waals surface area contributed by atoms with Gasteiger partial charge in [0.05, 0.1) is 6.61 Å². The van der Waals surface area contributed by atoms with Crippen molar-refractivity contribution in [2.75, 3.05) is 13.2 Å². The molecule has 18 heavy (non-hydrogen) atoms. The Hall–Kier alpha value is -0.860. The molecule has 0 saturated heterocycles. The maximum absolute atomic E-state index is 9.21. The zero-order valence-electron chi connectivity index (χ0n) is 12.2. The molecule has 0 fully saturated rings. The lowest BCUT2D eigenvalue weighted by atomic mass is 10.0. The van der Waals surface area contributed by atoms with Gasteiger partial charge in [-0.1, -0.05) is 32.0 Å². The number of rotatable bonds is 7. The fourth-order valence-corrected chi connectivity index (χ4v) is 2.46. The molecule has 0 aliphatic carbocycles. The summed E-state index contributed by atoms with van der Waals surface area (Å²) in [5, 5.41) is 9.21. The summed E-state index contributed by atoms with van der Waals surface area (Å²) in [6, 6.07) is 7.23. The second-order valence-electron chi connectivity index (χ2n) is 5.08. The number of nitrogens with zero attached hydrogens (tertiary/aromatic N) is 1. The minimum absolute atomic E-state index is 0.237. The van der Waals surface area contributed by atoms with Crippen LogP contribution in [0.2, 0.25) is 0 Å². The maximum atomic E-state index is 9.21. The average molecular weight is 249 g/mol. The van der Waals surface area contributed by atoms with E-state index in [4.69, 9.17) is 0 Å². The van der Waals surface area contributed by atoms with Crippen LogP contribution in [-0.4, -0.2) is 29.2 Å². The first-order valence-electron chi connectivity index (χ1n) is 7.03. The highest BCUT2D eigenvalue weighted by Crippen LogP contribution is 2.16. The van der Waals surface area contributed by atoms with Crippen molar-refractivity contribution in [1.82, 2.24) is 4.90 Å². The fourth-order valence-electron chi connectivity index (χ4n) is 2.46. The molecule has 2 nitrogen and oxygen atoms in total. The lowest BCUT2D eigenvalue weighted by Crippen LogP contribution is -2.36. The Balaban J connectivity index is 2.78. The highest BCUT2D eigenvalue weighted by molar-refractivity contribution is 5.29. The van der Waals surface area contributed by atoms with Gasteiger partial charge in [-0.25, -0.2) is 0 Å². The third-order valence-electron chi connectivity index (χ3n) is 3.80. The predicted molar refractivity (Wildman–Crippen MR) is 77.8 cm³/mol. The summed E-state index contributed by atoms with van der Waals surface area (Å²) in [5.41, 5.74) is 4.04. The third kappa shape index (κ3) is 4.11. The van der Waals surface area contributed by atoms with Gasteiger partial charge >= 0.3 is 0 Å². The van der Waals surface area contributed by atoms with Crippen molar-refractivity contribution in [2.45, 2.75) is 53.1 Å². The molecule has 0 heterocycles. The van der Waals surface area contributed by atoms with Gasteiger partial charge in [0.15, 0.2) is 0 Å². The van der Waals surface area contributed by atoms with Gasteiger partial charge < -0.3 is 5.11 Å². The van der Waals surface area contributed by atoms with Crippen molar-refractivity contribution >= 4 is 0 Å². The molecule has 0 saturated carbocycles. The highest BCUT2D eigenvalue weighted by atomic mass is 16.3. The van der Waals surface area contributed by atoms with Crippen LogP contribution in [0.1, 0.15) is 43.4 Å². The normalized spacial score (nSPS) is 11.5. The molecule has 1 aromatic carbocycles. The molecule has 1 N–H and O–H groups in total. The van der Waals surface area contributed by atoms with E-state index in [2.05, 4.69) is 50.8 Å². The maximum Gasteiger partial charge on any atom is 0.0558 e. The van der Waals surface area contributed by atoms with Crippen LogP contribution in [-0.2, 0) is 6.54 Å². The zero-order chi connectivity index (χ0) is 13.5. The highest BCUT2D eigenvalue weighted by Gasteiger charge is 2.14. The van der Waals surface area contributed by atoms with Gasteiger partial charge in [0, 0.05) is 19.1 Å². The van der Waals surface area contributed by atoms with Crippen LogP contribution >= 0.6 is 0 Å². The summed E-state index contributed by atoms with van der Waals surface area (Å²) in [6.45, 7) is 10.7. The van der Waals surface area contributed by atoms with Crippen LogP contribution in [0.25, 0.3) is 0 Å². The number of aliphatic hydroxyl groups is 1. The van der Waals surface area contributed by atoms with Gasteiger partial charge in [0.25, 0.3) is 0 Å². The van der Waals surface area contributed by atoms with Gasteiger partial charge in [0.2, 0.25) is 0 Å². The van der Waals surface area contributed by atoms with E-state index < -0.39 is 0 Å². The number of aryl methyl sites for hydroxylation is 2. The first-order chi connectivity index (χ1) is 8.62. The van der Waals surface area contributed by atoms with Crippen LogP contribution in [0, 0.1) is 13.8 Å². The van der Waals surface area contributed by atoms with Gasteiger partial charge in [-0.2, -0.15) is 0 Å². The van der Waals surface area contributed by atoms with Gasteiger partial charge in [-0.05, 0) is 43.4 Å². The van der Waals surface area contributed by atoms with Crippen molar-refractivity contribution in [3.8, 4) is 0 Å². The topological polar surface area (TPSA) is 23.5 Å². The second kappa shape index (κ2) is 7.55. The molecule has 0 amide bonds. The van der Waals surface area contributed by atoms with Crippen LogP contribution in [0.15, 0.2) is 18.2 Å². The summed E-state index contributed by atoms with van der Waals surface area (Å²) in [7, 11) is 0. The van der Waals surface area contributed by atoms with Crippen LogP contribution in [0.4, 0.5) is 0 Å². The van der Waals surface area contributed by atoms with E-state index in [1.54, 1.807) is 0 Å². The number of hydrogen-bond acceptors (Lipinski definition) is 2. The minimum atomic E-state index is 0.237. The van der Waals surface area contributed by atoms with Gasteiger partial charge in [-0.3, -0.25) is 4.90 Å². The zero-order valence-corrected chi connectivity index (χ0v) is 12.2. The molecule has 102 valence electrons. The molecule has 1 aromatic rings. The number of benzene rings is 1. The quantitative estimate of drug-likeness (QED) is 0.801. The summed E-state index contributed by atoms with van der Waals surface area (Å²) in [5.74, 6) is 0. The Kier molecular flexibility index (Phi) is 6.37. The van der Waals surface area contributed by atoms with Crippen molar-refractivity contribution < 1.29 is 5.11 Å². The predicted octanol–water partition coefficient (Wildman–Crippen LogP) is 3.29. The lowest BCUT2D eigenvalue weighted by Gasteiger charge is -2.30. The molecule has 0 radical (unpaired) electrons. The molecule has 1 rings (SSSR count). The molecule has 0 bridgehead atoms. The van der Waals surface area contributed by atoms with Crippen molar-refractivity contribution in [3.63, 3.8) is 0 Å².